The van der Waals surface area contributed by atoms with E-state index in [-0.39, 0.29) is 40.9 Å². The van der Waals surface area contributed by atoms with Gasteiger partial charge in [0.05, 0.1) is 18.0 Å². The molecule has 2 saturated heterocycles. The first-order valence-electron chi connectivity index (χ1n) is 16.2. The number of likely N-dealkylation sites (tertiary alicyclic amines) is 2. The van der Waals surface area contributed by atoms with E-state index < -0.39 is 28.9 Å². The van der Waals surface area contributed by atoms with Gasteiger partial charge in [-0.1, -0.05) is 40.7 Å². The maximum atomic E-state index is 15.2. The Labute approximate surface area is 266 Å². The van der Waals surface area contributed by atoms with Crippen LogP contribution in [0.25, 0.3) is 0 Å². The van der Waals surface area contributed by atoms with Crippen molar-refractivity contribution in [1.29, 1.82) is 0 Å². The second-order valence-electron chi connectivity index (χ2n) is 16.1. The molecule has 44 heavy (non-hydrogen) atoms. The molecule has 0 spiro atoms. The molecule has 0 radical (unpaired) electrons. The van der Waals surface area contributed by atoms with Crippen molar-refractivity contribution in [2.45, 2.75) is 117 Å². The number of carbonyl (C=O) groups excluding carboxylic acids is 2. The zero-order valence-corrected chi connectivity index (χ0v) is 28.5. The third kappa shape index (κ3) is 6.74. The minimum atomic E-state index is -0.624. The quantitative estimate of drug-likeness (QED) is 0.346. The predicted octanol–water partition coefficient (Wildman–Crippen LogP) is 7.42. The number of benzene rings is 1. The summed E-state index contributed by atoms with van der Waals surface area (Å²) in [7, 11) is 0. The van der Waals surface area contributed by atoms with Crippen molar-refractivity contribution in [3.05, 3.63) is 52.0 Å². The number of rotatable bonds is 5. The molecule has 1 unspecified atom stereocenters. The summed E-state index contributed by atoms with van der Waals surface area (Å²) < 4.78 is 29.1. The van der Waals surface area contributed by atoms with Crippen LogP contribution in [0.1, 0.15) is 110 Å². The topological polar surface area (TPSA) is 56.8 Å². The molecule has 2 amide bonds. The van der Waals surface area contributed by atoms with Gasteiger partial charge in [-0.15, -0.1) is 11.3 Å². The van der Waals surface area contributed by atoms with Gasteiger partial charge in [0, 0.05) is 60.2 Å². The number of halogens is 2. The van der Waals surface area contributed by atoms with Gasteiger partial charge in [-0.05, 0) is 69.9 Å². The summed E-state index contributed by atoms with van der Waals surface area (Å²) in [5, 5.41) is 2.80. The lowest BCUT2D eigenvalue weighted by molar-refractivity contribution is -0.147. The second-order valence-corrected chi connectivity index (χ2v) is 17.0. The van der Waals surface area contributed by atoms with Gasteiger partial charge in [-0.25, -0.2) is 13.8 Å². The van der Waals surface area contributed by atoms with Crippen LogP contribution in [0, 0.1) is 28.4 Å². The second kappa shape index (κ2) is 12.1. The average Bonchev–Trinajstić information content (AvgIpc) is 3.68. The predicted molar refractivity (Wildman–Crippen MR) is 171 cm³/mol. The fourth-order valence-electron chi connectivity index (χ4n) is 7.50. The van der Waals surface area contributed by atoms with E-state index in [1.165, 1.54) is 23.5 Å². The van der Waals surface area contributed by atoms with Crippen LogP contribution < -0.4 is 0 Å². The number of thiazole rings is 1. The molecule has 1 saturated carbocycles. The SMILES string of the molecule is CC1(C)CCC(N(C(=O)C(C)(C)C)[C@H]2C[C@H](c3nccs3)N(C(=O)C3CN(C(C)(C)C)C[C@@H]3c3ccc(F)cc3F)C2)CC1. The molecule has 3 fully saturated rings. The normalized spacial score (nSPS) is 26.7. The summed E-state index contributed by atoms with van der Waals surface area (Å²) in [4.78, 5) is 39.8. The van der Waals surface area contributed by atoms with Gasteiger partial charge in [0.1, 0.15) is 16.6 Å². The van der Waals surface area contributed by atoms with Crippen LogP contribution in [0.4, 0.5) is 8.78 Å². The molecule has 3 aliphatic rings. The Hall–Kier alpha value is -2.39. The highest BCUT2D eigenvalue weighted by Gasteiger charge is 2.50. The van der Waals surface area contributed by atoms with Gasteiger partial charge in [0.2, 0.25) is 11.8 Å². The Morgan fingerprint density at radius 2 is 1.68 bits per heavy atom. The van der Waals surface area contributed by atoms with Gasteiger partial charge < -0.3 is 9.80 Å². The van der Waals surface area contributed by atoms with Gasteiger partial charge in [0.15, 0.2) is 0 Å². The first-order valence-corrected chi connectivity index (χ1v) is 17.1. The number of nitrogens with zero attached hydrogens (tertiary/aromatic N) is 4. The van der Waals surface area contributed by atoms with Crippen molar-refractivity contribution in [3.63, 3.8) is 0 Å². The molecular weight excluding hydrogens is 578 g/mol. The van der Waals surface area contributed by atoms with Crippen LogP contribution in [0.15, 0.2) is 29.8 Å². The third-order valence-corrected chi connectivity index (χ3v) is 11.1. The van der Waals surface area contributed by atoms with E-state index in [1.54, 1.807) is 6.20 Å². The van der Waals surface area contributed by atoms with Crippen molar-refractivity contribution in [1.82, 2.24) is 19.7 Å². The fraction of sp³-hybridized carbons (Fsp3) is 0.686. The van der Waals surface area contributed by atoms with E-state index >= 15 is 4.39 Å². The van der Waals surface area contributed by atoms with Crippen LogP contribution in [0.2, 0.25) is 0 Å². The highest BCUT2D eigenvalue weighted by Crippen LogP contribution is 2.45. The highest BCUT2D eigenvalue weighted by atomic mass is 32.1. The summed E-state index contributed by atoms with van der Waals surface area (Å²) in [6, 6.07) is 3.45. The zero-order chi connectivity index (χ0) is 32.2. The van der Waals surface area contributed by atoms with Crippen LogP contribution in [-0.4, -0.2) is 68.8 Å². The molecule has 0 N–H and O–H groups in total. The van der Waals surface area contributed by atoms with Gasteiger partial charge >= 0.3 is 0 Å². The minimum Gasteiger partial charge on any atom is -0.334 e. The lowest BCUT2D eigenvalue weighted by Crippen LogP contribution is -2.54. The first kappa shape index (κ1) is 33.0. The van der Waals surface area contributed by atoms with E-state index in [2.05, 4.69) is 49.4 Å². The van der Waals surface area contributed by atoms with E-state index in [4.69, 9.17) is 0 Å². The van der Waals surface area contributed by atoms with Crippen LogP contribution in [0.5, 0.6) is 0 Å². The number of aromatic nitrogens is 1. The number of amides is 2. The Kier molecular flexibility index (Phi) is 9.06. The number of carbonyl (C=O) groups is 2. The van der Waals surface area contributed by atoms with Crippen molar-refractivity contribution in [2.75, 3.05) is 19.6 Å². The Bertz CT molecular complexity index is 1340. The third-order valence-electron chi connectivity index (χ3n) is 10.2. The Morgan fingerprint density at radius 1 is 1.00 bits per heavy atom. The lowest BCUT2D eigenvalue weighted by Gasteiger charge is -2.45. The van der Waals surface area contributed by atoms with E-state index in [0.717, 1.165) is 36.8 Å². The lowest BCUT2D eigenvalue weighted by atomic mass is 9.74. The van der Waals surface area contributed by atoms with Gasteiger partial charge in [-0.2, -0.15) is 0 Å². The van der Waals surface area contributed by atoms with Crippen LogP contribution in [0.3, 0.4) is 0 Å². The molecular formula is C35H50F2N4O2S. The standard InChI is InChI=1S/C35H50F2N4O2S/c1-33(2,3)32(43)41(23-11-13-35(7,8)14-12-23)24-18-29(30-38-15-16-44-30)40(19-24)31(42)27-21-39(34(4,5)6)20-26(27)25-10-9-22(36)17-28(25)37/h9-10,15-17,23-24,26-27,29H,11-14,18-21H2,1-8H3/t24-,26+,27?,29+/m0/s1. The molecule has 4 atom stereocenters. The highest BCUT2D eigenvalue weighted by molar-refractivity contribution is 7.09. The summed E-state index contributed by atoms with van der Waals surface area (Å²) in [6.45, 7) is 18.3. The molecule has 9 heteroatoms. The summed E-state index contributed by atoms with van der Waals surface area (Å²) in [5.74, 6) is -2.06. The molecule has 2 aromatic rings. The smallest absolute Gasteiger partial charge is 0.228 e. The molecule has 1 aromatic carbocycles. The molecule has 0 bridgehead atoms. The summed E-state index contributed by atoms with van der Waals surface area (Å²) in [5.41, 5.74) is -0.130. The molecule has 1 aromatic heterocycles. The summed E-state index contributed by atoms with van der Waals surface area (Å²) >= 11 is 1.53. The van der Waals surface area contributed by atoms with Gasteiger partial charge in [0.25, 0.3) is 0 Å². The van der Waals surface area contributed by atoms with E-state index in [9.17, 15) is 14.0 Å². The average molecular weight is 629 g/mol. The first-order chi connectivity index (χ1) is 20.5. The van der Waals surface area contributed by atoms with Gasteiger partial charge in [-0.3, -0.25) is 14.5 Å². The number of hydrogen-bond donors (Lipinski definition) is 0. The van der Waals surface area contributed by atoms with Crippen molar-refractivity contribution in [3.8, 4) is 0 Å². The number of hydrogen-bond acceptors (Lipinski definition) is 5. The Morgan fingerprint density at radius 3 is 2.25 bits per heavy atom. The zero-order valence-electron chi connectivity index (χ0n) is 27.7. The molecule has 2 aliphatic heterocycles. The van der Waals surface area contributed by atoms with Crippen LogP contribution in [-0.2, 0) is 9.59 Å². The maximum absolute atomic E-state index is 15.2. The fourth-order valence-corrected chi connectivity index (χ4v) is 8.27. The molecule has 242 valence electrons. The molecule has 5 rings (SSSR count). The maximum Gasteiger partial charge on any atom is 0.228 e. The summed E-state index contributed by atoms with van der Waals surface area (Å²) in [6.07, 6.45) is 6.43. The van der Waals surface area contributed by atoms with Crippen molar-refractivity contribution >= 4 is 23.2 Å². The largest absolute Gasteiger partial charge is 0.334 e. The minimum absolute atomic E-state index is 0.0406. The van der Waals surface area contributed by atoms with Crippen molar-refractivity contribution in [2.24, 2.45) is 16.7 Å². The molecule has 1 aliphatic carbocycles. The Balaban J connectivity index is 1.50. The molecule has 3 heterocycles. The monoisotopic (exact) mass is 628 g/mol. The van der Waals surface area contributed by atoms with E-state index in [0.29, 0.717) is 31.6 Å². The molecule has 6 nitrogen and oxygen atoms in total. The van der Waals surface area contributed by atoms with Crippen LogP contribution >= 0.6 is 11.3 Å². The van der Waals surface area contributed by atoms with E-state index in [1.807, 2.05) is 31.1 Å². The van der Waals surface area contributed by atoms with Crippen molar-refractivity contribution < 1.29 is 18.4 Å².